The van der Waals surface area contributed by atoms with E-state index in [1.165, 1.54) is 141 Å². The highest BCUT2D eigenvalue weighted by Gasteiger charge is 2.09. The molecule has 2 N–H and O–H groups in total. The van der Waals surface area contributed by atoms with Gasteiger partial charge in [0.2, 0.25) is 10.7 Å². The fraction of sp³-hybridized carbons (Fsp3) is 0.897. The van der Waals surface area contributed by atoms with Gasteiger partial charge in [-0.3, -0.25) is 0 Å². The highest BCUT2D eigenvalue weighted by molar-refractivity contribution is 7.71. The van der Waals surface area contributed by atoms with E-state index >= 15 is 0 Å². The predicted octanol–water partition coefficient (Wildman–Crippen LogP) is 10.6. The number of nitrogens with zero attached hydrogens (tertiary/aromatic N) is 2. The van der Waals surface area contributed by atoms with Gasteiger partial charge in [-0.25, -0.2) is 0 Å². The molecule has 1 aromatic heterocycles. The van der Waals surface area contributed by atoms with Gasteiger partial charge in [0, 0.05) is 13.1 Å². The number of unbranched alkanes of at least 4 members (excludes halogenated alkanes) is 20. The molecule has 4 nitrogen and oxygen atoms in total. The standard InChI is InChI=1S/C29H56N4S2/c1-3-5-7-9-11-13-15-17-19-21-23-25-33(27-30-28(34)32-29(35)31-27)26-24-22-20-18-16-14-12-10-8-6-4-2/h3-26H2,1-2H3,(H2,30,31,32,34,35). The lowest BCUT2D eigenvalue weighted by Crippen LogP contribution is -2.28. The Morgan fingerprint density at radius 2 is 0.857 bits per heavy atom. The molecule has 35 heavy (non-hydrogen) atoms. The topological polar surface area (TPSA) is 47.7 Å². The fourth-order valence-electron chi connectivity index (χ4n) is 4.79. The Labute approximate surface area is 227 Å². The van der Waals surface area contributed by atoms with Crippen LogP contribution in [0.1, 0.15) is 155 Å². The number of aromatic nitrogens is 3. The highest BCUT2D eigenvalue weighted by atomic mass is 32.1. The summed E-state index contributed by atoms with van der Waals surface area (Å²) < 4.78 is 1.05. The molecular formula is C29H56N4S2. The van der Waals surface area contributed by atoms with Gasteiger partial charge in [-0.1, -0.05) is 142 Å². The highest BCUT2D eigenvalue weighted by Crippen LogP contribution is 2.15. The zero-order chi connectivity index (χ0) is 25.4. The van der Waals surface area contributed by atoms with Crippen molar-refractivity contribution in [3.8, 4) is 0 Å². The zero-order valence-electron chi connectivity index (χ0n) is 23.2. The maximum atomic E-state index is 5.32. The van der Waals surface area contributed by atoms with Crippen molar-refractivity contribution in [2.45, 2.75) is 155 Å². The molecule has 204 valence electrons. The summed E-state index contributed by atoms with van der Waals surface area (Å²) in [4.78, 5) is 13.1. The van der Waals surface area contributed by atoms with Crippen LogP contribution in [0.5, 0.6) is 0 Å². The summed E-state index contributed by atoms with van der Waals surface area (Å²) >= 11 is 10.6. The maximum absolute atomic E-state index is 5.32. The van der Waals surface area contributed by atoms with E-state index in [1.807, 2.05) is 0 Å². The van der Waals surface area contributed by atoms with Crippen molar-refractivity contribution in [2.75, 3.05) is 18.0 Å². The number of H-pyrrole nitrogens is 2. The van der Waals surface area contributed by atoms with Crippen molar-refractivity contribution < 1.29 is 0 Å². The third-order valence-corrected chi connectivity index (χ3v) is 7.41. The normalized spacial score (nSPS) is 11.3. The van der Waals surface area contributed by atoms with Crippen LogP contribution >= 0.6 is 24.4 Å². The molecular weight excluding hydrogens is 468 g/mol. The van der Waals surface area contributed by atoms with E-state index in [2.05, 4.69) is 33.7 Å². The van der Waals surface area contributed by atoms with Crippen molar-refractivity contribution in [3.05, 3.63) is 9.54 Å². The van der Waals surface area contributed by atoms with E-state index < -0.39 is 0 Å². The van der Waals surface area contributed by atoms with Gasteiger partial charge in [0.1, 0.15) is 0 Å². The fourth-order valence-corrected chi connectivity index (χ4v) is 5.23. The van der Waals surface area contributed by atoms with Crippen LogP contribution in [0.3, 0.4) is 0 Å². The largest absolute Gasteiger partial charge is 0.342 e. The minimum atomic E-state index is 0.478. The van der Waals surface area contributed by atoms with Crippen LogP contribution < -0.4 is 4.90 Å². The first-order valence-corrected chi connectivity index (χ1v) is 15.9. The summed E-state index contributed by atoms with van der Waals surface area (Å²) in [7, 11) is 0. The third-order valence-electron chi connectivity index (χ3n) is 7.02. The lowest BCUT2D eigenvalue weighted by Gasteiger charge is -2.23. The Hall–Kier alpha value is -0.750. The first kappa shape index (κ1) is 32.3. The molecule has 0 spiro atoms. The molecule has 0 saturated carbocycles. The lowest BCUT2D eigenvalue weighted by molar-refractivity contribution is 0.536. The Kier molecular flexibility index (Phi) is 21.8. The molecule has 0 radical (unpaired) electrons. The van der Waals surface area contributed by atoms with Crippen molar-refractivity contribution in [1.82, 2.24) is 15.0 Å². The molecule has 0 saturated heterocycles. The third kappa shape index (κ3) is 19.1. The van der Waals surface area contributed by atoms with Crippen LogP contribution in [0.2, 0.25) is 0 Å². The zero-order valence-corrected chi connectivity index (χ0v) is 24.8. The number of rotatable bonds is 25. The van der Waals surface area contributed by atoms with E-state index in [0.29, 0.717) is 9.54 Å². The van der Waals surface area contributed by atoms with E-state index in [0.717, 1.165) is 19.0 Å². The van der Waals surface area contributed by atoms with E-state index in [9.17, 15) is 0 Å². The summed E-state index contributed by atoms with van der Waals surface area (Å²) in [6.45, 7) is 6.64. The average Bonchev–Trinajstić information content (AvgIpc) is 2.84. The summed E-state index contributed by atoms with van der Waals surface area (Å²) in [5.74, 6) is 0.845. The van der Waals surface area contributed by atoms with Crippen molar-refractivity contribution in [1.29, 1.82) is 0 Å². The second kappa shape index (κ2) is 23.6. The Bertz CT molecular complexity index is 646. The summed E-state index contributed by atoms with van der Waals surface area (Å²) in [6.07, 6.45) is 30.1. The molecule has 0 aliphatic rings. The van der Waals surface area contributed by atoms with Crippen molar-refractivity contribution in [3.63, 3.8) is 0 Å². The first-order chi connectivity index (χ1) is 17.2. The van der Waals surface area contributed by atoms with Gasteiger partial charge < -0.3 is 14.9 Å². The molecule has 1 rings (SSSR count). The van der Waals surface area contributed by atoms with E-state index in [-0.39, 0.29) is 0 Å². The van der Waals surface area contributed by atoms with Gasteiger partial charge in [-0.2, -0.15) is 4.98 Å². The van der Waals surface area contributed by atoms with Crippen molar-refractivity contribution >= 4 is 30.4 Å². The molecule has 0 unspecified atom stereocenters. The Balaban J connectivity index is 2.22. The van der Waals surface area contributed by atoms with Gasteiger partial charge >= 0.3 is 0 Å². The average molecular weight is 525 g/mol. The lowest BCUT2D eigenvalue weighted by atomic mass is 10.1. The minimum absolute atomic E-state index is 0.478. The van der Waals surface area contributed by atoms with E-state index in [1.54, 1.807) is 0 Å². The van der Waals surface area contributed by atoms with Crippen LogP contribution in [0, 0.1) is 9.54 Å². The number of hydrogen-bond donors (Lipinski definition) is 2. The molecule has 0 aliphatic carbocycles. The molecule has 0 fully saturated rings. The molecule has 1 heterocycles. The smallest absolute Gasteiger partial charge is 0.207 e. The number of nitrogens with one attached hydrogen (secondary N) is 2. The molecule has 0 aromatic carbocycles. The Morgan fingerprint density at radius 1 is 0.514 bits per heavy atom. The molecule has 0 aliphatic heterocycles. The van der Waals surface area contributed by atoms with E-state index in [4.69, 9.17) is 24.4 Å². The second-order valence-electron chi connectivity index (χ2n) is 10.4. The first-order valence-electron chi connectivity index (χ1n) is 15.1. The summed E-state index contributed by atoms with van der Waals surface area (Å²) in [5.41, 5.74) is 0. The predicted molar refractivity (Wildman–Crippen MR) is 160 cm³/mol. The SMILES string of the molecule is CCCCCCCCCCCCCN(CCCCCCCCCCCCC)c1nc(=S)[nH]c(=S)[nH]1. The number of hydrogen-bond acceptors (Lipinski definition) is 4. The van der Waals surface area contributed by atoms with Crippen LogP contribution in [0.4, 0.5) is 5.95 Å². The van der Waals surface area contributed by atoms with Gasteiger partial charge in [0.15, 0.2) is 4.77 Å². The minimum Gasteiger partial charge on any atom is -0.342 e. The molecule has 0 amide bonds. The van der Waals surface area contributed by atoms with Gasteiger partial charge in [-0.05, 0) is 37.3 Å². The maximum Gasteiger partial charge on any atom is 0.207 e. The van der Waals surface area contributed by atoms with Crippen LogP contribution in [-0.2, 0) is 0 Å². The molecule has 1 aromatic rings. The summed E-state index contributed by atoms with van der Waals surface area (Å²) in [5, 5.41) is 0. The van der Waals surface area contributed by atoms with Gasteiger partial charge in [0.05, 0.1) is 0 Å². The second-order valence-corrected chi connectivity index (χ2v) is 11.2. The van der Waals surface area contributed by atoms with Crippen LogP contribution in [-0.4, -0.2) is 28.0 Å². The Morgan fingerprint density at radius 3 is 1.20 bits per heavy atom. The summed E-state index contributed by atoms with van der Waals surface area (Å²) in [6, 6.07) is 0. The van der Waals surface area contributed by atoms with Crippen LogP contribution in [0.25, 0.3) is 0 Å². The molecule has 0 bridgehead atoms. The number of aromatic amines is 2. The number of anilines is 1. The van der Waals surface area contributed by atoms with Gasteiger partial charge in [-0.15, -0.1) is 0 Å². The van der Waals surface area contributed by atoms with Crippen molar-refractivity contribution in [2.24, 2.45) is 0 Å². The monoisotopic (exact) mass is 524 g/mol. The molecule has 0 atom stereocenters. The quantitative estimate of drug-likeness (QED) is 0.0986. The van der Waals surface area contributed by atoms with Gasteiger partial charge in [0.25, 0.3) is 0 Å². The molecule has 6 heteroatoms. The van der Waals surface area contributed by atoms with Crippen LogP contribution in [0.15, 0.2) is 0 Å².